The maximum absolute atomic E-state index is 11.0. The molecule has 0 saturated carbocycles. The first-order valence-electron chi connectivity index (χ1n) is 4.32. The highest BCUT2D eigenvalue weighted by Crippen LogP contribution is 1.91. The molecule has 0 aromatic carbocycles. The lowest BCUT2D eigenvalue weighted by atomic mass is 10.2. The molecule has 6 nitrogen and oxygen atoms in total. The van der Waals surface area contributed by atoms with Crippen LogP contribution in [0.2, 0.25) is 0 Å². The molecule has 0 bridgehead atoms. The van der Waals surface area contributed by atoms with Gasteiger partial charge in [0.25, 0.3) is 0 Å². The molecule has 0 aliphatic rings. The Morgan fingerprint density at radius 2 is 2.14 bits per heavy atom. The molecular formula is C8H15NO5. The molecule has 82 valence electrons. The number of carboxylic acid groups (broad SMARTS) is 1. The predicted octanol–water partition coefficient (Wildman–Crippen LogP) is -1.03. The average Bonchev–Trinajstić information content (AvgIpc) is 2.14. The maximum atomic E-state index is 11.0. The third kappa shape index (κ3) is 5.50. The van der Waals surface area contributed by atoms with Crippen LogP contribution in [0.4, 0.5) is 0 Å². The number of ether oxygens (including phenoxy) is 1. The number of rotatable bonds is 7. The van der Waals surface area contributed by atoms with Gasteiger partial charge in [0.2, 0.25) is 5.91 Å². The van der Waals surface area contributed by atoms with E-state index in [0.717, 1.165) is 0 Å². The standard InChI is InChI=1S/C8H15NO5/c1-2-14-5-7(11)9-6(3-4-10)8(12)13/h6,10H,2-5H2,1H3,(H,9,11)(H,12,13)/t6-/m0/s1. The lowest BCUT2D eigenvalue weighted by molar-refractivity contribution is -0.143. The molecule has 0 rings (SSSR count). The van der Waals surface area contributed by atoms with E-state index < -0.39 is 17.9 Å². The second-order valence-electron chi connectivity index (χ2n) is 2.61. The highest BCUT2D eigenvalue weighted by atomic mass is 16.5. The van der Waals surface area contributed by atoms with Crippen LogP contribution in [-0.4, -0.2) is 48.0 Å². The average molecular weight is 205 g/mol. The number of carbonyl (C=O) groups excluding carboxylic acids is 1. The molecule has 3 N–H and O–H groups in total. The number of aliphatic hydroxyl groups excluding tert-OH is 1. The zero-order chi connectivity index (χ0) is 11.0. The van der Waals surface area contributed by atoms with E-state index in [1.54, 1.807) is 6.92 Å². The van der Waals surface area contributed by atoms with E-state index in [0.29, 0.717) is 6.61 Å². The highest BCUT2D eigenvalue weighted by molar-refractivity contribution is 5.84. The zero-order valence-corrected chi connectivity index (χ0v) is 8.02. The summed E-state index contributed by atoms with van der Waals surface area (Å²) in [6.07, 6.45) is -0.00675. The van der Waals surface area contributed by atoms with Crippen molar-refractivity contribution in [1.82, 2.24) is 5.32 Å². The quantitative estimate of drug-likeness (QED) is 0.494. The van der Waals surface area contributed by atoms with E-state index >= 15 is 0 Å². The van der Waals surface area contributed by atoms with Gasteiger partial charge in [0.1, 0.15) is 12.6 Å². The van der Waals surface area contributed by atoms with Gasteiger partial charge in [-0.05, 0) is 6.92 Å². The second-order valence-corrected chi connectivity index (χ2v) is 2.61. The Morgan fingerprint density at radius 3 is 2.57 bits per heavy atom. The smallest absolute Gasteiger partial charge is 0.326 e. The molecule has 1 amide bonds. The molecular weight excluding hydrogens is 190 g/mol. The Labute approximate surface area is 81.9 Å². The van der Waals surface area contributed by atoms with Crippen molar-refractivity contribution in [2.75, 3.05) is 19.8 Å². The fourth-order valence-corrected chi connectivity index (χ4v) is 0.817. The van der Waals surface area contributed by atoms with Gasteiger partial charge < -0.3 is 20.3 Å². The fourth-order valence-electron chi connectivity index (χ4n) is 0.817. The van der Waals surface area contributed by atoms with Crippen LogP contribution in [0.15, 0.2) is 0 Å². The summed E-state index contributed by atoms with van der Waals surface area (Å²) in [6.45, 7) is 1.68. The molecule has 0 saturated heterocycles. The van der Waals surface area contributed by atoms with Crippen molar-refractivity contribution < 1.29 is 24.5 Å². The van der Waals surface area contributed by atoms with Crippen LogP contribution >= 0.6 is 0 Å². The van der Waals surface area contributed by atoms with E-state index in [1.165, 1.54) is 0 Å². The largest absolute Gasteiger partial charge is 0.480 e. The summed E-state index contributed by atoms with van der Waals surface area (Å²) in [5.74, 6) is -1.66. The summed E-state index contributed by atoms with van der Waals surface area (Å²) in [4.78, 5) is 21.5. The number of carboxylic acids is 1. The molecule has 0 unspecified atom stereocenters. The Kier molecular flexibility index (Phi) is 6.69. The lowest BCUT2D eigenvalue weighted by Gasteiger charge is -2.12. The minimum atomic E-state index is -1.16. The molecule has 6 heteroatoms. The van der Waals surface area contributed by atoms with Gasteiger partial charge in [-0.3, -0.25) is 4.79 Å². The number of aliphatic carboxylic acids is 1. The Morgan fingerprint density at radius 1 is 1.50 bits per heavy atom. The summed E-state index contributed by atoms with van der Waals surface area (Å²) >= 11 is 0. The summed E-state index contributed by atoms with van der Waals surface area (Å²) in [5.41, 5.74) is 0. The fraction of sp³-hybridized carbons (Fsp3) is 0.750. The van der Waals surface area contributed by atoms with Crippen molar-refractivity contribution >= 4 is 11.9 Å². The normalized spacial score (nSPS) is 12.1. The number of amides is 1. The van der Waals surface area contributed by atoms with Crippen molar-refractivity contribution in [1.29, 1.82) is 0 Å². The number of hydrogen-bond donors (Lipinski definition) is 3. The monoisotopic (exact) mass is 205 g/mol. The zero-order valence-electron chi connectivity index (χ0n) is 8.02. The minimum Gasteiger partial charge on any atom is -0.480 e. The van der Waals surface area contributed by atoms with Gasteiger partial charge >= 0.3 is 5.97 Å². The summed E-state index contributed by atoms with van der Waals surface area (Å²) in [5, 5.41) is 19.4. The van der Waals surface area contributed by atoms with Crippen LogP contribution in [0.25, 0.3) is 0 Å². The van der Waals surface area contributed by atoms with Crippen LogP contribution in [-0.2, 0) is 14.3 Å². The molecule has 0 radical (unpaired) electrons. The van der Waals surface area contributed by atoms with Gasteiger partial charge in [-0.15, -0.1) is 0 Å². The molecule has 1 atom stereocenters. The summed E-state index contributed by atoms with van der Waals surface area (Å²) < 4.78 is 4.79. The first kappa shape index (κ1) is 12.9. The minimum absolute atomic E-state index is 0.00675. The lowest BCUT2D eigenvalue weighted by Crippen LogP contribution is -2.43. The van der Waals surface area contributed by atoms with Crippen molar-refractivity contribution in [2.24, 2.45) is 0 Å². The Balaban J connectivity index is 3.90. The Bertz CT molecular complexity index is 194. The molecule has 14 heavy (non-hydrogen) atoms. The third-order valence-corrected chi connectivity index (χ3v) is 1.49. The van der Waals surface area contributed by atoms with Crippen molar-refractivity contribution in [2.45, 2.75) is 19.4 Å². The summed E-state index contributed by atoms with van der Waals surface area (Å²) in [7, 11) is 0. The van der Waals surface area contributed by atoms with E-state index in [4.69, 9.17) is 14.9 Å². The van der Waals surface area contributed by atoms with Crippen molar-refractivity contribution in [3.63, 3.8) is 0 Å². The van der Waals surface area contributed by atoms with Gasteiger partial charge in [0.15, 0.2) is 0 Å². The molecule has 0 spiro atoms. The van der Waals surface area contributed by atoms with Crippen LogP contribution in [0.1, 0.15) is 13.3 Å². The maximum Gasteiger partial charge on any atom is 0.326 e. The number of nitrogens with one attached hydrogen (secondary N) is 1. The van der Waals surface area contributed by atoms with E-state index in [1.807, 2.05) is 0 Å². The van der Waals surface area contributed by atoms with Gasteiger partial charge in [0, 0.05) is 19.6 Å². The van der Waals surface area contributed by atoms with Crippen LogP contribution in [0.5, 0.6) is 0 Å². The van der Waals surface area contributed by atoms with Gasteiger partial charge in [-0.2, -0.15) is 0 Å². The highest BCUT2D eigenvalue weighted by Gasteiger charge is 2.18. The van der Waals surface area contributed by atoms with Gasteiger partial charge in [0.05, 0.1) is 0 Å². The third-order valence-electron chi connectivity index (χ3n) is 1.49. The number of hydrogen-bond acceptors (Lipinski definition) is 4. The van der Waals surface area contributed by atoms with Crippen molar-refractivity contribution in [3.05, 3.63) is 0 Å². The topological polar surface area (TPSA) is 95.9 Å². The second kappa shape index (κ2) is 7.28. The first-order chi connectivity index (χ1) is 6.61. The Hall–Kier alpha value is -1.14. The van der Waals surface area contributed by atoms with Crippen molar-refractivity contribution in [3.8, 4) is 0 Å². The summed E-state index contributed by atoms with van der Waals surface area (Å²) in [6, 6.07) is -1.05. The SMILES string of the molecule is CCOCC(=O)N[C@@H](CCO)C(=O)O. The van der Waals surface area contributed by atoms with Crippen LogP contribution in [0, 0.1) is 0 Å². The molecule has 0 aromatic heterocycles. The predicted molar refractivity (Wildman–Crippen MR) is 47.8 cm³/mol. The number of carbonyl (C=O) groups is 2. The molecule has 0 aliphatic heterocycles. The van der Waals surface area contributed by atoms with Crippen LogP contribution < -0.4 is 5.32 Å². The molecule has 0 heterocycles. The van der Waals surface area contributed by atoms with Gasteiger partial charge in [-0.25, -0.2) is 4.79 Å². The molecule has 0 aliphatic carbocycles. The van der Waals surface area contributed by atoms with Crippen LogP contribution in [0.3, 0.4) is 0 Å². The van der Waals surface area contributed by atoms with E-state index in [9.17, 15) is 9.59 Å². The molecule has 0 aromatic rings. The number of aliphatic hydroxyl groups is 1. The van der Waals surface area contributed by atoms with Gasteiger partial charge in [-0.1, -0.05) is 0 Å². The van der Waals surface area contributed by atoms with E-state index in [-0.39, 0.29) is 19.6 Å². The first-order valence-corrected chi connectivity index (χ1v) is 4.32. The van der Waals surface area contributed by atoms with E-state index in [2.05, 4.69) is 5.32 Å². The molecule has 0 fully saturated rings.